The maximum absolute atomic E-state index is 10.8. The van der Waals surface area contributed by atoms with E-state index in [1.807, 2.05) is 0 Å². The highest BCUT2D eigenvalue weighted by Gasteiger charge is 2.33. The first-order chi connectivity index (χ1) is 5.15. The minimum Gasteiger partial charge on any atom is -0.277 e. The van der Waals surface area contributed by atoms with Crippen LogP contribution in [0.4, 0.5) is 0 Å². The van der Waals surface area contributed by atoms with E-state index in [2.05, 4.69) is 4.99 Å². The van der Waals surface area contributed by atoms with Crippen molar-refractivity contribution in [1.82, 2.24) is 0 Å². The van der Waals surface area contributed by atoms with Gasteiger partial charge in [0, 0.05) is 6.21 Å². The molecule has 0 aromatic heterocycles. The van der Waals surface area contributed by atoms with E-state index >= 15 is 0 Å². The number of carbonyl (C=O) groups is 1. The standard InChI is InChI=1S/C7H9Cl2NO/c8-6(11)7(9)4-2-1-3-5-10-7/h5H,1-4H2. The van der Waals surface area contributed by atoms with Crippen molar-refractivity contribution < 1.29 is 4.79 Å². The van der Waals surface area contributed by atoms with Gasteiger partial charge in [-0.1, -0.05) is 11.6 Å². The van der Waals surface area contributed by atoms with Gasteiger partial charge in [-0.15, -0.1) is 0 Å². The number of nitrogens with zero attached hydrogens (tertiary/aromatic N) is 1. The fourth-order valence-electron chi connectivity index (χ4n) is 1.02. The molecular weight excluding hydrogens is 185 g/mol. The smallest absolute Gasteiger partial charge is 0.264 e. The summed E-state index contributed by atoms with van der Waals surface area (Å²) in [5.74, 6) is 0. The lowest BCUT2D eigenvalue weighted by Gasteiger charge is -2.14. The number of alkyl halides is 1. The van der Waals surface area contributed by atoms with E-state index in [9.17, 15) is 4.79 Å². The molecule has 0 radical (unpaired) electrons. The zero-order valence-electron chi connectivity index (χ0n) is 6.02. The van der Waals surface area contributed by atoms with Gasteiger partial charge >= 0.3 is 0 Å². The summed E-state index contributed by atoms with van der Waals surface area (Å²) >= 11 is 11.1. The topological polar surface area (TPSA) is 29.4 Å². The van der Waals surface area contributed by atoms with Crippen LogP contribution in [0.1, 0.15) is 25.7 Å². The van der Waals surface area contributed by atoms with Crippen molar-refractivity contribution in [3.05, 3.63) is 0 Å². The molecule has 0 spiro atoms. The first kappa shape index (κ1) is 9.01. The first-order valence-corrected chi connectivity index (χ1v) is 4.33. The summed E-state index contributed by atoms with van der Waals surface area (Å²) < 4.78 is 0. The van der Waals surface area contributed by atoms with Gasteiger partial charge in [0.1, 0.15) is 0 Å². The van der Waals surface area contributed by atoms with Crippen LogP contribution in [0.3, 0.4) is 0 Å². The summed E-state index contributed by atoms with van der Waals surface area (Å²) in [5, 5.41) is -0.572. The molecule has 2 nitrogen and oxygen atoms in total. The number of hydrogen-bond donors (Lipinski definition) is 0. The van der Waals surface area contributed by atoms with Crippen LogP contribution in [0.15, 0.2) is 4.99 Å². The average molecular weight is 194 g/mol. The normalized spacial score (nSPS) is 31.5. The zero-order chi connectivity index (χ0) is 8.32. The molecular formula is C7H9Cl2NO. The highest BCUT2D eigenvalue weighted by Crippen LogP contribution is 2.29. The lowest BCUT2D eigenvalue weighted by atomic mass is 10.1. The largest absolute Gasteiger partial charge is 0.277 e. The number of carbonyl (C=O) groups excluding carboxylic acids is 1. The third-order valence-corrected chi connectivity index (χ3v) is 2.56. The molecule has 0 saturated carbocycles. The predicted octanol–water partition coefficient (Wildman–Crippen LogP) is 2.33. The van der Waals surface area contributed by atoms with Gasteiger partial charge in [0.25, 0.3) is 5.24 Å². The van der Waals surface area contributed by atoms with Gasteiger partial charge in [-0.25, -0.2) is 0 Å². The molecule has 11 heavy (non-hydrogen) atoms. The lowest BCUT2D eigenvalue weighted by Crippen LogP contribution is -2.25. The van der Waals surface area contributed by atoms with E-state index < -0.39 is 10.2 Å². The van der Waals surface area contributed by atoms with Gasteiger partial charge in [-0.3, -0.25) is 9.79 Å². The van der Waals surface area contributed by atoms with Gasteiger partial charge < -0.3 is 0 Å². The summed E-state index contributed by atoms with van der Waals surface area (Å²) in [6, 6.07) is 0. The molecule has 0 aromatic rings. The molecule has 0 amide bonds. The van der Waals surface area contributed by atoms with Crippen molar-refractivity contribution in [2.75, 3.05) is 0 Å². The Bertz CT molecular complexity index is 193. The third-order valence-electron chi connectivity index (χ3n) is 1.69. The molecule has 1 atom stereocenters. The summed E-state index contributed by atoms with van der Waals surface area (Å²) in [6.07, 6.45) is 5.05. The molecule has 1 aliphatic heterocycles. The number of hydrogen-bond acceptors (Lipinski definition) is 2. The highest BCUT2D eigenvalue weighted by molar-refractivity contribution is 6.70. The molecule has 0 fully saturated rings. The summed E-state index contributed by atoms with van der Waals surface area (Å²) in [4.78, 5) is 13.5. The van der Waals surface area contributed by atoms with E-state index in [0.29, 0.717) is 6.42 Å². The maximum Gasteiger partial charge on any atom is 0.264 e. The van der Waals surface area contributed by atoms with E-state index in [1.54, 1.807) is 6.21 Å². The predicted molar refractivity (Wildman–Crippen MR) is 46.4 cm³/mol. The first-order valence-electron chi connectivity index (χ1n) is 3.58. The molecule has 62 valence electrons. The molecule has 0 saturated heterocycles. The molecule has 1 aliphatic rings. The number of aliphatic imine (C=N–C) groups is 1. The molecule has 1 heterocycles. The molecule has 4 heteroatoms. The Kier molecular flexibility index (Phi) is 2.90. The Morgan fingerprint density at radius 2 is 2.27 bits per heavy atom. The summed E-state index contributed by atoms with van der Waals surface area (Å²) in [6.45, 7) is 0. The minimum absolute atomic E-state index is 0.549. The van der Waals surface area contributed by atoms with Crippen molar-refractivity contribution >= 4 is 34.7 Å². The Morgan fingerprint density at radius 3 is 2.91 bits per heavy atom. The Hall–Kier alpha value is -0.0800. The van der Waals surface area contributed by atoms with E-state index in [4.69, 9.17) is 23.2 Å². The van der Waals surface area contributed by atoms with Crippen molar-refractivity contribution in [1.29, 1.82) is 0 Å². The van der Waals surface area contributed by atoms with Gasteiger partial charge in [0.05, 0.1) is 0 Å². The Labute approximate surface area is 75.6 Å². The van der Waals surface area contributed by atoms with Crippen molar-refractivity contribution in [2.45, 2.75) is 30.7 Å². The van der Waals surface area contributed by atoms with Crippen LogP contribution in [0.5, 0.6) is 0 Å². The van der Waals surface area contributed by atoms with E-state index in [-0.39, 0.29) is 0 Å². The van der Waals surface area contributed by atoms with Crippen LogP contribution in [0.2, 0.25) is 0 Å². The molecule has 1 unspecified atom stereocenters. The van der Waals surface area contributed by atoms with Gasteiger partial charge in [-0.05, 0) is 37.3 Å². The highest BCUT2D eigenvalue weighted by atomic mass is 35.5. The molecule has 0 aliphatic carbocycles. The lowest BCUT2D eigenvalue weighted by molar-refractivity contribution is -0.114. The van der Waals surface area contributed by atoms with Crippen molar-refractivity contribution in [3.8, 4) is 0 Å². The number of halogens is 2. The van der Waals surface area contributed by atoms with Crippen LogP contribution < -0.4 is 0 Å². The third kappa shape index (κ3) is 2.17. The Balaban J connectivity index is 2.73. The van der Waals surface area contributed by atoms with Crippen molar-refractivity contribution in [3.63, 3.8) is 0 Å². The van der Waals surface area contributed by atoms with Crippen molar-refractivity contribution in [2.24, 2.45) is 4.99 Å². The quantitative estimate of drug-likeness (QED) is 0.357. The van der Waals surface area contributed by atoms with Gasteiger partial charge in [-0.2, -0.15) is 0 Å². The monoisotopic (exact) mass is 193 g/mol. The molecule has 0 aromatic carbocycles. The molecule has 0 bridgehead atoms. The van der Waals surface area contributed by atoms with E-state index in [0.717, 1.165) is 19.3 Å². The fourth-order valence-corrected chi connectivity index (χ4v) is 1.36. The fraction of sp³-hybridized carbons (Fsp3) is 0.714. The average Bonchev–Trinajstić information content (AvgIpc) is 2.15. The minimum atomic E-state index is -1.17. The molecule has 0 N–H and O–H groups in total. The van der Waals surface area contributed by atoms with Gasteiger partial charge in [0.2, 0.25) is 5.00 Å². The van der Waals surface area contributed by atoms with Crippen LogP contribution in [-0.2, 0) is 4.79 Å². The Morgan fingerprint density at radius 1 is 1.55 bits per heavy atom. The zero-order valence-corrected chi connectivity index (χ0v) is 7.53. The summed E-state index contributed by atoms with van der Waals surface area (Å²) in [7, 11) is 0. The summed E-state index contributed by atoms with van der Waals surface area (Å²) in [5.41, 5.74) is 0. The van der Waals surface area contributed by atoms with Crippen LogP contribution in [-0.4, -0.2) is 16.5 Å². The molecule has 1 rings (SSSR count). The van der Waals surface area contributed by atoms with E-state index in [1.165, 1.54) is 0 Å². The van der Waals surface area contributed by atoms with Gasteiger partial charge in [0.15, 0.2) is 0 Å². The second-order valence-electron chi connectivity index (χ2n) is 2.59. The second-order valence-corrected chi connectivity index (χ2v) is 3.56. The maximum atomic E-state index is 10.8. The van der Waals surface area contributed by atoms with Crippen LogP contribution >= 0.6 is 23.2 Å². The second kappa shape index (κ2) is 3.55. The SMILES string of the molecule is O=C(Cl)C1(Cl)CCCCC=N1. The van der Waals surface area contributed by atoms with Crippen LogP contribution in [0.25, 0.3) is 0 Å². The number of rotatable bonds is 1. The van der Waals surface area contributed by atoms with Crippen LogP contribution in [0, 0.1) is 0 Å².